The van der Waals surface area contributed by atoms with Crippen molar-refractivity contribution in [3.05, 3.63) is 34.2 Å². The van der Waals surface area contributed by atoms with Crippen LogP contribution in [-0.4, -0.2) is 4.98 Å². The summed E-state index contributed by atoms with van der Waals surface area (Å²) in [5.74, 6) is -0.207. The number of nitrogens with one attached hydrogen (secondary N) is 1. The monoisotopic (exact) mass is 241 g/mol. The van der Waals surface area contributed by atoms with Crippen molar-refractivity contribution in [1.29, 1.82) is 0 Å². The fourth-order valence-electron chi connectivity index (χ4n) is 1.47. The first-order chi connectivity index (χ1) is 6.22. The lowest BCUT2D eigenvalue weighted by atomic mass is 10.1. The molecule has 2 aromatic rings. The van der Waals surface area contributed by atoms with Crippen LogP contribution in [-0.2, 0) is 6.42 Å². The molecule has 0 spiro atoms. The molecule has 1 heterocycles. The Morgan fingerprint density at radius 2 is 2.23 bits per heavy atom. The molecule has 2 rings (SSSR count). The lowest BCUT2D eigenvalue weighted by molar-refractivity contribution is 0.623. The van der Waals surface area contributed by atoms with E-state index in [-0.39, 0.29) is 5.82 Å². The van der Waals surface area contributed by atoms with E-state index in [2.05, 4.69) is 27.8 Å². The quantitative estimate of drug-likeness (QED) is 0.785. The number of hydrogen-bond acceptors (Lipinski definition) is 0. The molecule has 0 radical (unpaired) electrons. The Labute approximate surface area is 84.1 Å². The van der Waals surface area contributed by atoms with Crippen molar-refractivity contribution in [2.24, 2.45) is 0 Å². The Morgan fingerprint density at radius 3 is 2.92 bits per heavy atom. The third-order valence-electron chi connectivity index (χ3n) is 2.19. The van der Waals surface area contributed by atoms with E-state index in [9.17, 15) is 4.39 Å². The van der Waals surface area contributed by atoms with E-state index < -0.39 is 0 Å². The maximum absolute atomic E-state index is 13.2. The lowest BCUT2D eigenvalue weighted by Gasteiger charge is -1.96. The number of halogens is 2. The minimum Gasteiger partial charge on any atom is -0.361 e. The largest absolute Gasteiger partial charge is 0.361 e. The van der Waals surface area contributed by atoms with E-state index in [0.717, 1.165) is 22.9 Å². The minimum atomic E-state index is -0.207. The molecule has 0 atom stereocenters. The molecule has 0 aliphatic heterocycles. The van der Waals surface area contributed by atoms with Crippen LogP contribution in [0.5, 0.6) is 0 Å². The minimum absolute atomic E-state index is 0.207. The van der Waals surface area contributed by atoms with Gasteiger partial charge in [-0.15, -0.1) is 0 Å². The number of aromatic nitrogens is 1. The summed E-state index contributed by atoms with van der Waals surface area (Å²) in [6, 6.07) is 3.33. The van der Waals surface area contributed by atoms with Gasteiger partial charge in [-0.3, -0.25) is 0 Å². The number of hydrogen-bond donors (Lipinski definition) is 1. The SMILES string of the molecule is CCc1c[nH]c2cc(Br)c(F)cc12. The second kappa shape index (κ2) is 3.14. The molecule has 0 aliphatic rings. The summed E-state index contributed by atoms with van der Waals surface area (Å²) in [5.41, 5.74) is 2.13. The molecule has 68 valence electrons. The van der Waals surface area contributed by atoms with Crippen LogP contribution in [0.15, 0.2) is 22.8 Å². The molecule has 0 amide bonds. The second-order valence-corrected chi connectivity index (χ2v) is 3.83. The van der Waals surface area contributed by atoms with Crippen LogP contribution < -0.4 is 0 Å². The average molecular weight is 242 g/mol. The van der Waals surface area contributed by atoms with E-state index in [1.54, 1.807) is 12.1 Å². The third-order valence-corrected chi connectivity index (χ3v) is 2.80. The number of rotatable bonds is 1. The standard InChI is InChI=1S/C10H9BrFN/c1-2-6-5-13-10-4-8(11)9(12)3-7(6)10/h3-5,13H,2H2,1H3. The zero-order valence-corrected chi connectivity index (χ0v) is 8.78. The second-order valence-electron chi connectivity index (χ2n) is 2.98. The number of aryl methyl sites for hydroxylation is 1. The molecule has 1 aromatic carbocycles. The summed E-state index contributed by atoms with van der Waals surface area (Å²) < 4.78 is 13.7. The van der Waals surface area contributed by atoms with Crippen LogP contribution in [0.4, 0.5) is 4.39 Å². The Hall–Kier alpha value is -0.830. The number of fused-ring (bicyclic) bond motifs is 1. The molecule has 13 heavy (non-hydrogen) atoms. The first-order valence-corrected chi connectivity index (χ1v) is 4.96. The van der Waals surface area contributed by atoms with Gasteiger partial charge in [-0.2, -0.15) is 0 Å². The predicted octanol–water partition coefficient (Wildman–Crippen LogP) is 3.63. The van der Waals surface area contributed by atoms with E-state index in [1.807, 2.05) is 6.20 Å². The summed E-state index contributed by atoms with van der Waals surface area (Å²) in [6.07, 6.45) is 2.84. The summed E-state index contributed by atoms with van der Waals surface area (Å²) in [6.45, 7) is 2.06. The zero-order chi connectivity index (χ0) is 9.42. The average Bonchev–Trinajstić information content (AvgIpc) is 2.48. The highest BCUT2D eigenvalue weighted by molar-refractivity contribution is 9.10. The normalized spacial score (nSPS) is 11.0. The van der Waals surface area contributed by atoms with Gasteiger partial charge in [0, 0.05) is 17.1 Å². The fourth-order valence-corrected chi connectivity index (χ4v) is 1.81. The van der Waals surface area contributed by atoms with Crippen molar-refractivity contribution < 1.29 is 4.39 Å². The van der Waals surface area contributed by atoms with Gasteiger partial charge in [0.15, 0.2) is 0 Å². The summed E-state index contributed by atoms with van der Waals surface area (Å²) >= 11 is 3.15. The highest BCUT2D eigenvalue weighted by Gasteiger charge is 2.06. The van der Waals surface area contributed by atoms with Crippen molar-refractivity contribution >= 4 is 26.8 Å². The van der Waals surface area contributed by atoms with Crippen molar-refractivity contribution in [2.45, 2.75) is 13.3 Å². The lowest BCUT2D eigenvalue weighted by Crippen LogP contribution is -1.79. The molecule has 0 saturated heterocycles. The van der Waals surface area contributed by atoms with Crippen LogP contribution >= 0.6 is 15.9 Å². The Balaban J connectivity index is 2.77. The van der Waals surface area contributed by atoms with Gasteiger partial charge < -0.3 is 4.98 Å². The van der Waals surface area contributed by atoms with Crippen molar-refractivity contribution in [3.63, 3.8) is 0 Å². The van der Waals surface area contributed by atoms with Crippen molar-refractivity contribution in [1.82, 2.24) is 4.98 Å². The van der Waals surface area contributed by atoms with Crippen LogP contribution in [0.25, 0.3) is 10.9 Å². The van der Waals surface area contributed by atoms with E-state index in [1.165, 1.54) is 0 Å². The van der Waals surface area contributed by atoms with Gasteiger partial charge in [-0.05, 0) is 40.0 Å². The molecule has 3 heteroatoms. The molecule has 0 aliphatic carbocycles. The molecule has 1 N–H and O–H groups in total. The maximum Gasteiger partial charge on any atom is 0.138 e. The highest BCUT2D eigenvalue weighted by Crippen LogP contribution is 2.25. The number of aromatic amines is 1. The number of H-pyrrole nitrogens is 1. The maximum atomic E-state index is 13.2. The predicted molar refractivity (Wildman–Crippen MR) is 55.3 cm³/mol. The third kappa shape index (κ3) is 1.37. The molecule has 0 bridgehead atoms. The fraction of sp³-hybridized carbons (Fsp3) is 0.200. The van der Waals surface area contributed by atoms with Crippen LogP contribution in [0, 0.1) is 5.82 Å². The van der Waals surface area contributed by atoms with Gasteiger partial charge in [-0.25, -0.2) is 4.39 Å². The van der Waals surface area contributed by atoms with Crippen LogP contribution in [0.1, 0.15) is 12.5 Å². The Kier molecular flexibility index (Phi) is 2.12. The van der Waals surface area contributed by atoms with Crippen LogP contribution in [0.3, 0.4) is 0 Å². The molecule has 0 saturated carbocycles. The topological polar surface area (TPSA) is 15.8 Å². The Bertz CT molecular complexity index is 447. The molecule has 0 unspecified atom stereocenters. The van der Waals surface area contributed by atoms with E-state index in [0.29, 0.717) is 4.47 Å². The van der Waals surface area contributed by atoms with Gasteiger partial charge in [0.2, 0.25) is 0 Å². The smallest absolute Gasteiger partial charge is 0.138 e. The first kappa shape index (κ1) is 8.75. The summed E-state index contributed by atoms with van der Waals surface area (Å²) in [5, 5.41) is 0.975. The molecular formula is C10H9BrFN. The van der Waals surface area contributed by atoms with Gasteiger partial charge in [0.1, 0.15) is 5.82 Å². The molecular weight excluding hydrogens is 233 g/mol. The summed E-state index contributed by atoms with van der Waals surface area (Å²) in [4.78, 5) is 3.11. The van der Waals surface area contributed by atoms with E-state index >= 15 is 0 Å². The first-order valence-electron chi connectivity index (χ1n) is 4.17. The van der Waals surface area contributed by atoms with Crippen LogP contribution in [0.2, 0.25) is 0 Å². The van der Waals surface area contributed by atoms with Gasteiger partial charge in [0.25, 0.3) is 0 Å². The van der Waals surface area contributed by atoms with Crippen molar-refractivity contribution in [3.8, 4) is 0 Å². The number of benzene rings is 1. The molecule has 0 fully saturated rings. The highest BCUT2D eigenvalue weighted by atomic mass is 79.9. The van der Waals surface area contributed by atoms with Gasteiger partial charge >= 0.3 is 0 Å². The molecule has 1 aromatic heterocycles. The van der Waals surface area contributed by atoms with Gasteiger partial charge in [0.05, 0.1) is 4.47 Å². The van der Waals surface area contributed by atoms with Gasteiger partial charge in [-0.1, -0.05) is 6.92 Å². The molecule has 1 nitrogen and oxygen atoms in total. The van der Waals surface area contributed by atoms with E-state index in [4.69, 9.17) is 0 Å². The van der Waals surface area contributed by atoms with Crippen molar-refractivity contribution in [2.75, 3.05) is 0 Å². The zero-order valence-electron chi connectivity index (χ0n) is 7.20. The Morgan fingerprint density at radius 1 is 1.46 bits per heavy atom. The summed E-state index contributed by atoms with van der Waals surface area (Å²) in [7, 11) is 0.